The molecule has 3 heterocycles. The standard InChI is InChI=1S/C25H26N6O/c1-16(2)17-4-7-22(8-5-17)31-15-19-13-20(6-9-23(19)29-31)28-25(32)30-11-10-18-12-21(26-3)14-27-24(18)30/h6,9-17,22H,4-5,7-8H2,1-2H3,(H,28,32). The van der Waals surface area contributed by atoms with Gasteiger partial charge in [-0.25, -0.2) is 14.6 Å². The Labute approximate surface area is 186 Å². The van der Waals surface area contributed by atoms with E-state index in [4.69, 9.17) is 11.7 Å². The summed E-state index contributed by atoms with van der Waals surface area (Å²) in [6, 6.07) is 9.48. The predicted molar refractivity (Wildman–Crippen MR) is 126 cm³/mol. The molecule has 0 spiro atoms. The van der Waals surface area contributed by atoms with Crippen LogP contribution in [0.1, 0.15) is 45.6 Å². The molecule has 4 aromatic rings. The second-order valence-corrected chi connectivity index (χ2v) is 9.03. The van der Waals surface area contributed by atoms with Crippen LogP contribution in [0.2, 0.25) is 0 Å². The summed E-state index contributed by atoms with van der Waals surface area (Å²) in [5, 5.41) is 9.53. The molecule has 32 heavy (non-hydrogen) atoms. The molecule has 0 radical (unpaired) electrons. The highest BCUT2D eigenvalue weighted by Gasteiger charge is 2.25. The Balaban J connectivity index is 1.33. The highest BCUT2D eigenvalue weighted by atomic mass is 16.2. The van der Waals surface area contributed by atoms with Crippen molar-refractivity contribution in [3.63, 3.8) is 0 Å². The van der Waals surface area contributed by atoms with Crippen LogP contribution in [0.5, 0.6) is 0 Å². The van der Waals surface area contributed by atoms with Gasteiger partial charge in [0.15, 0.2) is 0 Å². The van der Waals surface area contributed by atoms with E-state index in [9.17, 15) is 4.79 Å². The molecule has 0 atom stereocenters. The van der Waals surface area contributed by atoms with Crippen LogP contribution in [0.3, 0.4) is 0 Å². The molecule has 1 saturated carbocycles. The zero-order valence-corrected chi connectivity index (χ0v) is 18.3. The van der Waals surface area contributed by atoms with Crippen LogP contribution in [-0.2, 0) is 0 Å². The van der Waals surface area contributed by atoms with Crippen LogP contribution < -0.4 is 5.32 Å². The van der Waals surface area contributed by atoms with Gasteiger partial charge in [0, 0.05) is 35.1 Å². The molecule has 162 valence electrons. The molecule has 1 aliphatic rings. The lowest BCUT2D eigenvalue weighted by molar-refractivity contribution is 0.217. The molecular weight excluding hydrogens is 400 g/mol. The average molecular weight is 427 g/mol. The van der Waals surface area contributed by atoms with E-state index in [1.54, 1.807) is 18.3 Å². The maximum atomic E-state index is 12.8. The van der Waals surface area contributed by atoms with Crippen molar-refractivity contribution in [1.29, 1.82) is 0 Å². The Morgan fingerprint density at radius 2 is 1.97 bits per heavy atom. The van der Waals surface area contributed by atoms with E-state index in [1.165, 1.54) is 36.4 Å². The van der Waals surface area contributed by atoms with Gasteiger partial charge < -0.3 is 5.32 Å². The van der Waals surface area contributed by atoms with Gasteiger partial charge in [0.2, 0.25) is 5.69 Å². The predicted octanol–water partition coefficient (Wildman–Crippen LogP) is 6.40. The number of benzene rings is 1. The van der Waals surface area contributed by atoms with Crippen molar-refractivity contribution in [1.82, 2.24) is 19.3 Å². The zero-order valence-electron chi connectivity index (χ0n) is 18.3. The summed E-state index contributed by atoms with van der Waals surface area (Å²) < 4.78 is 3.58. The number of pyridine rings is 1. The van der Waals surface area contributed by atoms with Crippen molar-refractivity contribution in [2.75, 3.05) is 5.32 Å². The Hall–Kier alpha value is -3.66. The third-order valence-corrected chi connectivity index (χ3v) is 6.69. The Kier molecular flexibility index (Phi) is 5.14. The number of amides is 1. The summed E-state index contributed by atoms with van der Waals surface area (Å²) in [5.74, 6) is 1.58. The molecule has 1 fully saturated rings. The lowest BCUT2D eigenvalue weighted by Gasteiger charge is -2.30. The van der Waals surface area contributed by atoms with Crippen molar-refractivity contribution >= 4 is 39.3 Å². The zero-order chi connectivity index (χ0) is 22.2. The van der Waals surface area contributed by atoms with Crippen LogP contribution in [0.25, 0.3) is 26.8 Å². The molecule has 3 aromatic heterocycles. The van der Waals surface area contributed by atoms with E-state index in [2.05, 4.69) is 39.9 Å². The lowest BCUT2D eigenvalue weighted by Crippen LogP contribution is -2.21. The normalized spacial score (nSPS) is 18.8. The van der Waals surface area contributed by atoms with E-state index in [1.807, 2.05) is 18.2 Å². The van der Waals surface area contributed by atoms with Crippen molar-refractivity contribution in [2.24, 2.45) is 11.8 Å². The SMILES string of the molecule is [C-]#[N+]c1cnc2c(ccn2C(=O)Nc2ccc3nn(C4CCC(C(C)C)CC4)cc3c2)c1. The molecule has 7 heteroatoms. The Bertz CT molecular complexity index is 1330. The first kappa shape index (κ1) is 20.3. The first-order valence-corrected chi connectivity index (χ1v) is 11.2. The smallest absolute Gasteiger partial charge is 0.307 e. The fourth-order valence-corrected chi connectivity index (χ4v) is 4.76. The highest BCUT2D eigenvalue weighted by molar-refractivity contribution is 5.99. The van der Waals surface area contributed by atoms with E-state index >= 15 is 0 Å². The molecule has 5 rings (SSSR count). The number of rotatable bonds is 3. The Morgan fingerprint density at radius 3 is 2.72 bits per heavy atom. The number of aromatic nitrogens is 4. The first-order valence-electron chi connectivity index (χ1n) is 11.2. The molecule has 1 amide bonds. The van der Waals surface area contributed by atoms with Gasteiger partial charge in [-0.2, -0.15) is 5.10 Å². The number of carbonyl (C=O) groups excluding carboxylic acids is 1. The maximum Gasteiger partial charge on any atom is 0.331 e. The Morgan fingerprint density at radius 1 is 1.16 bits per heavy atom. The summed E-state index contributed by atoms with van der Waals surface area (Å²) in [7, 11) is 0. The molecule has 7 nitrogen and oxygen atoms in total. The number of nitrogens with zero attached hydrogens (tertiary/aromatic N) is 5. The van der Waals surface area contributed by atoms with Crippen LogP contribution in [-0.4, -0.2) is 25.4 Å². The molecular formula is C25H26N6O. The monoisotopic (exact) mass is 426 g/mol. The number of carbonyl (C=O) groups is 1. The minimum atomic E-state index is -0.290. The van der Waals surface area contributed by atoms with Crippen molar-refractivity contribution in [3.05, 3.63) is 60.3 Å². The second kappa shape index (κ2) is 8.12. The number of fused-ring (bicyclic) bond motifs is 2. The molecule has 1 aromatic carbocycles. The van der Waals surface area contributed by atoms with Gasteiger partial charge in [0.05, 0.1) is 18.1 Å². The number of nitrogens with one attached hydrogen (secondary N) is 1. The summed E-state index contributed by atoms with van der Waals surface area (Å²) >= 11 is 0. The van der Waals surface area contributed by atoms with Crippen LogP contribution in [0.4, 0.5) is 16.2 Å². The summed E-state index contributed by atoms with van der Waals surface area (Å²) in [6.45, 7) is 11.7. The van der Waals surface area contributed by atoms with Crippen molar-refractivity contribution < 1.29 is 4.79 Å². The minimum absolute atomic E-state index is 0.290. The summed E-state index contributed by atoms with van der Waals surface area (Å²) in [4.78, 5) is 20.5. The average Bonchev–Trinajstić information content (AvgIpc) is 3.42. The molecule has 0 aliphatic heterocycles. The van der Waals surface area contributed by atoms with E-state index in [0.717, 1.165) is 28.1 Å². The third kappa shape index (κ3) is 3.73. The molecule has 1 N–H and O–H groups in total. The lowest BCUT2D eigenvalue weighted by atomic mass is 9.80. The largest absolute Gasteiger partial charge is 0.331 e. The van der Waals surface area contributed by atoms with Gasteiger partial charge in [0.1, 0.15) is 5.65 Å². The van der Waals surface area contributed by atoms with Crippen LogP contribution in [0.15, 0.2) is 48.9 Å². The summed E-state index contributed by atoms with van der Waals surface area (Å²) in [6.07, 6.45) is 10.1. The summed E-state index contributed by atoms with van der Waals surface area (Å²) in [5.41, 5.74) is 2.63. The topological polar surface area (TPSA) is 69.1 Å². The fraction of sp³-hybridized carbons (Fsp3) is 0.360. The molecule has 0 bridgehead atoms. The number of hydrogen-bond acceptors (Lipinski definition) is 3. The second-order valence-electron chi connectivity index (χ2n) is 9.03. The van der Waals surface area contributed by atoms with Crippen LogP contribution >= 0.6 is 0 Å². The van der Waals surface area contributed by atoms with Crippen LogP contribution in [0, 0.1) is 18.4 Å². The first-order chi connectivity index (χ1) is 15.5. The maximum absolute atomic E-state index is 12.8. The van der Waals surface area contributed by atoms with Gasteiger partial charge in [-0.1, -0.05) is 13.8 Å². The third-order valence-electron chi connectivity index (χ3n) is 6.69. The molecule has 0 saturated heterocycles. The number of anilines is 1. The van der Waals surface area contributed by atoms with Gasteiger partial charge in [0.25, 0.3) is 0 Å². The minimum Gasteiger partial charge on any atom is -0.307 e. The van der Waals surface area contributed by atoms with Gasteiger partial charge in [-0.3, -0.25) is 9.25 Å². The van der Waals surface area contributed by atoms with E-state index in [-0.39, 0.29) is 6.03 Å². The van der Waals surface area contributed by atoms with Crippen molar-refractivity contribution in [3.8, 4) is 0 Å². The highest BCUT2D eigenvalue weighted by Crippen LogP contribution is 2.36. The van der Waals surface area contributed by atoms with E-state index in [0.29, 0.717) is 23.1 Å². The van der Waals surface area contributed by atoms with Gasteiger partial charge in [-0.05, 0) is 67.9 Å². The van der Waals surface area contributed by atoms with Gasteiger partial charge in [-0.15, -0.1) is 0 Å². The van der Waals surface area contributed by atoms with Gasteiger partial charge >= 0.3 is 6.03 Å². The quantitative estimate of drug-likeness (QED) is 0.385. The molecule has 1 aliphatic carbocycles. The van der Waals surface area contributed by atoms with E-state index < -0.39 is 0 Å². The number of hydrogen-bond donors (Lipinski definition) is 1. The van der Waals surface area contributed by atoms with Crippen molar-refractivity contribution in [2.45, 2.75) is 45.6 Å². The molecule has 0 unspecified atom stereocenters. The fourth-order valence-electron chi connectivity index (χ4n) is 4.76.